The van der Waals surface area contributed by atoms with Crippen molar-refractivity contribution in [1.29, 1.82) is 0 Å². The number of nitrogens with zero attached hydrogens (tertiary/aromatic N) is 2. The van der Waals surface area contributed by atoms with Crippen LogP contribution in [0.4, 0.5) is 11.5 Å². The van der Waals surface area contributed by atoms with Crippen LogP contribution in [0.15, 0.2) is 41.6 Å². The van der Waals surface area contributed by atoms with Crippen molar-refractivity contribution in [2.75, 3.05) is 10.0 Å². The molecule has 9 nitrogen and oxygen atoms in total. The number of aromatic nitrogens is 2. The molecular formula is C13H13N5O4S. The van der Waals surface area contributed by atoms with Crippen LogP contribution in [-0.4, -0.2) is 30.2 Å². The molecule has 0 aliphatic carbocycles. The van der Waals surface area contributed by atoms with Crippen molar-refractivity contribution in [2.24, 2.45) is 5.73 Å². The number of sulfonamides is 1. The molecule has 0 atom stereocenters. The largest absolute Gasteiger partial charge is 0.364 e. The standard InChI is InChI=1S/C13H13N5O4S/c1-8(19)17-9-2-4-10(5-3-9)23(21,22)18-13-11(12(14)20)15-6-7-16-13/h2-7H,1H3,(H2,14,20)(H,16,18)(H,17,19). The third-order valence-electron chi connectivity index (χ3n) is 2.65. The number of nitrogens with two attached hydrogens (primary N) is 1. The van der Waals surface area contributed by atoms with Crippen LogP contribution >= 0.6 is 0 Å². The highest BCUT2D eigenvalue weighted by atomic mass is 32.2. The zero-order chi connectivity index (χ0) is 17.0. The number of carbonyl (C=O) groups excluding carboxylic acids is 2. The van der Waals surface area contributed by atoms with E-state index in [9.17, 15) is 18.0 Å². The molecule has 0 spiro atoms. The SMILES string of the molecule is CC(=O)Nc1ccc(S(=O)(=O)Nc2nccnc2C(N)=O)cc1. The van der Waals surface area contributed by atoms with Crippen molar-refractivity contribution in [3.8, 4) is 0 Å². The van der Waals surface area contributed by atoms with Gasteiger partial charge in [-0.15, -0.1) is 0 Å². The molecule has 0 bridgehead atoms. The van der Waals surface area contributed by atoms with Crippen molar-refractivity contribution in [2.45, 2.75) is 11.8 Å². The first-order chi connectivity index (χ1) is 10.8. The van der Waals surface area contributed by atoms with Crippen molar-refractivity contribution in [3.63, 3.8) is 0 Å². The van der Waals surface area contributed by atoms with Crippen molar-refractivity contribution in [3.05, 3.63) is 42.4 Å². The molecule has 10 heteroatoms. The Bertz CT molecular complexity index is 849. The van der Waals surface area contributed by atoms with Gasteiger partial charge in [-0.1, -0.05) is 0 Å². The molecule has 120 valence electrons. The molecule has 2 rings (SSSR count). The lowest BCUT2D eigenvalue weighted by Gasteiger charge is -2.09. The van der Waals surface area contributed by atoms with E-state index in [2.05, 4.69) is 20.0 Å². The van der Waals surface area contributed by atoms with Gasteiger partial charge in [-0.3, -0.25) is 14.3 Å². The molecule has 0 aliphatic rings. The lowest BCUT2D eigenvalue weighted by Crippen LogP contribution is -2.21. The number of hydrogen-bond acceptors (Lipinski definition) is 6. The number of amides is 2. The van der Waals surface area contributed by atoms with Gasteiger partial charge in [0, 0.05) is 25.0 Å². The first-order valence-electron chi connectivity index (χ1n) is 6.31. The molecule has 0 saturated carbocycles. The third kappa shape index (κ3) is 4.01. The second-order valence-corrected chi connectivity index (χ2v) is 6.11. The first-order valence-corrected chi connectivity index (χ1v) is 7.79. The number of hydrogen-bond donors (Lipinski definition) is 3. The Labute approximate surface area is 132 Å². The van der Waals surface area contributed by atoms with E-state index in [1.807, 2.05) is 0 Å². The van der Waals surface area contributed by atoms with Crippen LogP contribution in [0.25, 0.3) is 0 Å². The van der Waals surface area contributed by atoms with Crippen LogP contribution in [0.1, 0.15) is 17.4 Å². The molecule has 4 N–H and O–H groups in total. The predicted molar refractivity (Wildman–Crippen MR) is 82.1 cm³/mol. The number of nitrogens with one attached hydrogen (secondary N) is 2. The quantitative estimate of drug-likeness (QED) is 0.718. The van der Waals surface area contributed by atoms with Gasteiger partial charge in [0.05, 0.1) is 4.90 Å². The summed E-state index contributed by atoms with van der Waals surface area (Å²) in [7, 11) is -3.99. The van der Waals surface area contributed by atoms with Gasteiger partial charge in [0.25, 0.3) is 15.9 Å². The number of anilines is 2. The lowest BCUT2D eigenvalue weighted by atomic mass is 10.3. The highest BCUT2D eigenvalue weighted by Crippen LogP contribution is 2.18. The highest BCUT2D eigenvalue weighted by molar-refractivity contribution is 7.92. The smallest absolute Gasteiger partial charge is 0.271 e. The van der Waals surface area contributed by atoms with Gasteiger partial charge in [-0.2, -0.15) is 0 Å². The van der Waals surface area contributed by atoms with Gasteiger partial charge >= 0.3 is 0 Å². The predicted octanol–water partition coefficient (Wildman–Crippen LogP) is 0.335. The van der Waals surface area contributed by atoms with E-state index in [0.717, 1.165) is 0 Å². The minimum atomic E-state index is -3.99. The molecule has 0 fully saturated rings. The van der Waals surface area contributed by atoms with Crippen LogP contribution in [0.2, 0.25) is 0 Å². The van der Waals surface area contributed by atoms with Gasteiger partial charge < -0.3 is 11.1 Å². The molecule has 1 heterocycles. The average Bonchev–Trinajstić information content (AvgIpc) is 2.47. The Morgan fingerprint density at radius 3 is 2.26 bits per heavy atom. The lowest BCUT2D eigenvalue weighted by molar-refractivity contribution is -0.114. The van der Waals surface area contributed by atoms with Crippen LogP contribution in [0.3, 0.4) is 0 Å². The molecular weight excluding hydrogens is 322 g/mol. The van der Waals surface area contributed by atoms with Gasteiger partial charge in [0.2, 0.25) is 5.91 Å². The average molecular weight is 335 g/mol. The Balaban J connectivity index is 2.29. The zero-order valence-corrected chi connectivity index (χ0v) is 12.8. The number of primary amides is 1. The monoisotopic (exact) mass is 335 g/mol. The molecule has 0 unspecified atom stereocenters. The second kappa shape index (κ2) is 6.40. The fourth-order valence-corrected chi connectivity index (χ4v) is 2.72. The van der Waals surface area contributed by atoms with E-state index in [1.54, 1.807) is 0 Å². The van der Waals surface area contributed by atoms with E-state index < -0.39 is 15.9 Å². The molecule has 0 aliphatic heterocycles. The fourth-order valence-electron chi connectivity index (χ4n) is 1.70. The Hall–Kier alpha value is -3.01. The van der Waals surface area contributed by atoms with E-state index in [-0.39, 0.29) is 22.3 Å². The minimum absolute atomic E-state index is 0.0762. The summed E-state index contributed by atoms with van der Waals surface area (Å²) < 4.78 is 26.7. The highest BCUT2D eigenvalue weighted by Gasteiger charge is 2.19. The summed E-state index contributed by atoms with van der Waals surface area (Å²) in [5, 5.41) is 2.52. The van der Waals surface area contributed by atoms with Gasteiger partial charge in [-0.25, -0.2) is 18.4 Å². The summed E-state index contributed by atoms with van der Waals surface area (Å²) in [5.41, 5.74) is 5.29. The molecule has 23 heavy (non-hydrogen) atoms. The van der Waals surface area contributed by atoms with Crippen molar-refractivity contribution in [1.82, 2.24) is 9.97 Å². The summed E-state index contributed by atoms with van der Waals surface area (Å²) in [5.74, 6) is -1.44. The normalized spacial score (nSPS) is 10.8. The summed E-state index contributed by atoms with van der Waals surface area (Å²) in [6.45, 7) is 1.34. The number of carbonyl (C=O) groups is 2. The summed E-state index contributed by atoms with van der Waals surface area (Å²) >= 11 is 0. The van der Waals surface area contributed by atoms with E-state index >= 15 is 0 Å². The van der Waals surface area contributed by atoms with Gasteiger partial charge in [0.1, 0.15) is 0 Å². The second-order valence-electron chi connectivity index (χ2n) is 4.43. The maximum Gasteiger partial charge on any atom is 0.271 e. The van der Waals surface area contributed by atoms with Crippen molar-refractivity contribution < 1.29 is 18.0 Å². The van der Waals surface area contributed by atoms with Crippen LogP contribution in [-0.2, 0) is 14.8 Å². The van der Waals surface area contributed by atoms with E-state index in [1.165, 1.54) is 43.6 Å². The van der Waals surface area contributed by atoms with Crippen molar-refractivity contribution >= 4 is 33.3 Å². The Morgan fingerprint density at radius 2 is 1.70 bits per heavy atom. The molecule has 0 radical (unpaired) electrons. The molecule has 1 aromatic heterocycles. The molecule has 0 saturated heterocycles. The van der Waals surface area contributed by atoms with Crippen LogP contribution < -0.4 is 15.8 Å². The molecule has 1 aromatic carbocycles. The maximum atomic E-state index is 12.3. The van der Waals surface area contributed by atoms with Gasteiger partial charge in [-0.05, 0) is 24.3 Å². The number of rotatable bonds is 5. The van der Waals surface area contributed by atoms with Crippen LogP contribution in [0.5, 0.6) is 0 Å². The van der Waals surface area contributed by atoms with E-state index in [0.29, 0.717) is 5.69 Å². The zero-order valence-electron chi connectivity index (χ0n) is 12.0. The molecule has 2 amide bonds. The Kier molecular flexibility index (Phi) is 4.55. The third-order valence-corrected chi connectivity index (χ3v) is 4.00. The first kappa shape index (κ1) is 16.4. The summed E-state index contributed by atoms with van der Waals surface area (Å²) in [4.78, 5) is 29.5. The summed E-state index contributed by atoms with van der Waals surface area (Å²) in [6.07, 6.45) is 2.45. The number of benzene rings is 1. The summed E-state index contributed by atoms with van der Waals surface area (Å²) in [6, 6.07) is 5.46. The van der Waals surface area contributed by atoms with Gasteiger partial charge in [0.15, 0.2) is 11.5 Å². The topological polar surface area (TPSA) is 144 Å². The fraction of sp³-hybridized carbons (Fsp3) is 0.0769. The maximum absolute atomic E-state index is 12.3. The Morgan fingerprint density at radius 1 is 1.09 bits per heavy atom. The molecule has 2 aromatic rings. The van der Waals surface area contributed by atoms with Crippen LogP contribution in [0, 0.1) is 0 Å². The van der Waals surface area contributed by atoms with E-state index in [4.69, 9.17) is 5.73 Å². The minimum Gasteiger partial charge on any atom is -0.364 e.